The minimum absolute atomic E-state index is 0.220. The van der Waals surface area contributed by atoms with Crippen LogP contribution in [0.4, 0.5) is 0 Å². The van der Waals surface area contributed by atoms with Crippen LogP contribution < -0.4 is 5.73 Å². The van der Waals surface area contributed by atoms with Crippen LogP contribution in [0.25, 0.3) is 0 Å². The highest BCUT2D eigenvalue weighted by molar-refractivity contribution is 6.21. The number of hydrogen-bond donors (Lipinski definition) is 1. The van der Waals surface area contributed by atoms with Crippen LogP contribution in [-0.4, -0.2) is 28.6 Å². The zero-order chi connectivity index (χ0) is 24.2. The van der Waals surface area contributed by atoms with Crippen molar-refractivity contribution < 1.29 is 9.59 Å². The van der Waals surface area contributed by atoms with Crippen molar-refractivity contribution in [2.24, 2.45) is 10.7 Å². The van der Waals surface area contributed by atoms with Gasteiger partial charge < -0.3 is 5.73 Å². The van der Waals surface area contributed by atoms with E-state index in [2.05, 4.69) is 36.4 Å². The van der Waals surface area contributed by atoms with Crippen molar-refractivity contribution in [3.8, 4) is 0 Å². The Labute approximate surface area is 206 Å². The quantitative estimate of drug-likeness (QED) is 0.292. The number of imide groups is 1. The van der Waals surface area contributed by atoms with E-state index >= 15 is 0 Å². The number of carbonyl (C=O) groups is 2. The molecule has 0 radical (unpaired) electrons. The summed E-state index contributed by atoms with van der Waals surface area (Å²) in [5.41, 5.74) is 11.7. The molecule has 1 aliphatic carbocycles. The standard InChI is InChI=1S/C30H31N3O2/c31-28(32-25-6-2-1-3-7-25)24-18-16-22(17-19-24)11-10-21-12-14-23(15-13-21)20-33-29(34)26-8-4-5-9-27(26)30(33)35/h4-5,8-9,12-19,25H,1-3,6-7,10-11,20H2,(H2,31,32). The molecule has 3 aromatic carbocycles. The Kier molecular flexibility index (Phi) is 6.75. The maximum atomic E-state index is 12.6. The minimum Gasteiger partial charge on any atom is -0.383 e. The Balaban J connectivity index is 1.15. The van der Waals surface area contributed by atoms with Gasteiger partial charge in [-0.15, -0.1) is 0 Å². The van der Waals surface area contributed by atoms with Gasteiger partial charge in [0.05, 0.1) is 23.7 Å². The van der Waals surface area contributed by atoms with E-state index in [1.54, 1.807) is 24.3 Å². The van der Waals surface area contributed by atoms with Gasteiger partial charge in [-0.3, -0.25) is 19.5 Å². The van der Waals surface area contributed by atoms with E-state index < -0.39 is 0 Å². The summed E-state index contributed by atoms with van der Waals surface area (Å²) >= 11 is 0. The zero-order valence-electron chi connectivity index (χ0n) is 20.0. The number of aryl methyl sites for hydroxylation is 2. The average Bonchev–Trinajstić information content (AvgIpc) is 3.14. The third-order valence-corrected chi connectivity index (χ3v) is 7.09. The summed E-state index contributed by atoms with van der Waals surface area (Å²) in [6.07, 6.45) is 7.96. The number of rotatable bonds is 7. The maximum absolute atomic E-state index is 12.6. The number of aliphatic imine (C=N–C) groups is 1. The Hall–Kier alpha value is -3.73. The number of amides is 2. The molecule has 0 unspecified atom stereocenters. The Bertz CT molecular complexity index is 1200. The second-order valence-electron chi connectivity index (χ2n) is 9.56. The molecule has 5 nitrogen and oxygen atoms in total. The van der Waals surface area contributed by atoms with Gasteiger partial charge in [-0.2, -0.15) is 0 Å². The van der Waals surface area contributed by atoms with Gasteiger partial charge in [-0.25, -0.2) is 0 Å². The normalized spacial score (nSPS) is 16.6. The van der Waals surface area contributed by atoms with E-state index in [0.717, 1.165) is 36.8 Å². The summed E-state index contributed by atoms with van der Waals surface area (Å²) in [6.45, 7) is 0.290. The first-order chi connectivity index (χ1) is 17.1. The van der Waals surface area contributed by atoms with Crippen LogP contribution in [0.5, 0.6) is 0 Å². The van der Waals surface area contributed by atoms with Gasteiger partial charge in [-0.05, 0) is 54.5 Å². The molecule has 3 aromatic rings. The van der Waals surface area contributed by atoms with Crippen LogP contribution in [0, 0.1) is 0 Å². The van der Waals surface area contributed by atoms with Gasteiger partial charge in [0, 0.05) is 5.56 Å². The highest BCUT2D eigenvalue weighted by Gasteiger charge is 2.34. The summed E-state index contributed by atoms with van der Waals surface area (Å²) in [4.78, 5) is 31.3. The summed E-state index contributed by atoms with van der Waals surface area (Å²) in [6, 6.07) is 24.0. The predicted molar refractivity (Wildman–Crippen MR) is 139 cm³/mol. The number of nitrogens with zero attached hydrogens (tertiary/aromatic N) is 2. The molecule has 5 rings (SSSR count). The van der Waals surface area contributed by atoms with E-state index in [1.807, 2.05) is 12.1 Å². The van der Waals surface area contributed by atoms with Gasteiger partial charge in [0.2, 0.25) is 0 Å². The average molecular weight is 466 g/mol. The number of fused-ring (bicyclic) bond motifs is 1. The summed E-state index contributed by atoms with van der Waals surface area (Å²) < 4.78 is 0. The molecule has 5 heteroatoms. The molecule has 1 heterocycles. The molecule has 2 N–H and O–H groups in total. The van der Waals surface area contributed by atoms with Crippen molar-refractivity contribution in [3.63, 3.8) is 0 Å². The first kappa shape index (κ1) is 23.0. The molecule has 0 saturated heterocycles. The van der Waals surface area contributed by atoms with Crippen molar-refractivity contribution in [2.75, 3.05) is 0 Å². The largest absolute Gasteiger partial charge is 0.383 e. The van der Waals surface area contributed by atoms with Crippen LogP contribution in [0.2, 0.25) is 0 Å². The van der Waals surface area contributed by atoms with Crippen LogP contribution >= 0.6 is 0 Å². The Morgan fingerprint density at radius 3 is 1.83 bits per heavy atom. The van der Waals surface area contributed by atoms with Gasteiger partial charge in [-0.1, -0.05) is 79.9 Å². The lowest BCUT2D eigenvalue weighted by Crippen LogP contribution is -2.29. The fourth-order valence-corrected chi connectivity index (χ4v) is 4.99. The lowest BCUT2D eigenvalue weighted by molar-refractivity contribution is 0.0642. The zero-order valence-corrected chi connectivity index (χ0v) is 20.0. The summed E-state index contributed by atoms with van der Waals surface area (Å²) in [7, 11) is 0. The molecular formula is C30H31N3O2. The van der Waals surface area contributed by atoms with Crippen LogP contribution in [0.15, 0.2) is 77.8 Å². The minimum atomic E-state index is -0.220. The maximum Gasteiger partial charge on any atom is 0.261 e. The van der Waals surface area contributed by atoms with E-state index in [-0.39, 0.29) is 18.4 Å². The second kappa shape index (κ2) is 10.3. The van der Waals surface area contributed by atoms with Crippen LogP contribution in [-0.2, 0) is 19.4 Å². The third kappa shape index (κ3) is 5.19. The number of benzene rings is 3. The molecule has 0 atom stereocenters. The molecule has 1 aliphatic heterocycles. The monoisotopic (exact) mass is 465 g/mol. The van der Waals surface area contributed by atoms with Gasteiger partial charge in [0.1, 0.15) is 5.84 Å². The molecule has 35 heavy (non-hydrogen) atoms. The van der Waals surface area contributed by atoms with E-state index in [0.29, 0.717) is 23.0 Å². The molecule has 0 spiro atoms. The molecule has 2 aliphatic rings. The first-order valence-corrected chi connectivity index (χ1v) is 12.5. The first-order valence-electron chi connectivity index (χ1n) is 12.5. The fourth-order valence-electron chi connectivity index (χ4n) is 4.99. The number of carbonyl (C=O) groups excluding carboxylic acids is 2. The molecule has 2 amide bonds. The number of hydrogen-bond acceptors (Lipinski definition) is 3. The topological polar surface area (TPSA) is 75.8 Å². The SMILES string of the molecule is NC(=NC1CCCCC1)c1ccc(CCc2ccc(CN3C(=O)c4ccccc4C3=O)cc2)cc1. The highest BCUT2D eigenvalue weighted by atomic mass is 16.2. The predicted octanol–water partition coefficient (Wildman–Crippen LogP) is 5.31. The lowest BCUT2D eigenvalue weighted by Gasteiger charge is -2.18. The van der Waals surface area contributed by atoms with Gasteiger partial charge in [0.25, 0.3) is 11.8 Å². The van der Waals surface area contributed by atoms with Crippen LogP contribution in [0.1, 0.15) is 75.1 Å². The molecule has 178 valence electrons. The van der Waals surface area contributed by atoms with E-state index in [1.165, 1.54) is 35.3 Å². The lowest BCUT2D eigenvalue weighted by atomic mass is 9.96. The van der Waals surface area contributed by atoms with Crippen LogP contribution in [0.3, 0.4) is 0 Å². The third-order valence-electron chi connectivity index (χ3n) is 7.09. The molecule has 1 fully saturated rings. The van der Waals surface area contributed by atoms with Gasteiger partial charge >= 0.3 is 0 Å². The molecule has 0 bridgehead atoms. The Morgan fingerprint density at radius 2 is 1.26 bits per heavy atom. The molecule has 0 aromatic heterocycles. The van der Waals surface area contributed by atoms with E-state index in [9.17, 15) is 9.59 Å². The highest BCUT2D eigenvalue weighted by Crippen LogP contribution is 2.24. The summed E-state index contributed by atoms with van der Waals surface area (Å²) in [5.74, 6) is 0.210. The Morgan fingerprint density at radius 1 is 0.743 bits per heavy atom. The van der Waals surface area contributed by atoms with Crippen molar-refractivity contribution in [2.45, 2.75) is 57.5 Å². The van der Waals surface area contributed by atoms with Crippen molar-refractivity contribution in [3.05, 3.63) is 106 Å². The summed E-state index contributed by atoms with van der Waals surface area (Å²) in [5, 5.41) is 0. The van der Waals surface area contributed by atoms with Crippen molar-refractivity contribution in [1.82, 2.24) is 4.90 Å². The van der Waals surface area contributed by atoms with Crippen molar-refractivity contribution in [1.29, 1.82) is 0 Å². The van der Waals surface area contributed by atoms with Crippen molar-refractivity contribution >= 4 is 17.6 Å². The number of amidine groups is 1. The number of nitrogens with two attached hydrogens (primary N) is 1. The molecule has 1 saturated carbocycles. The van der Waals surface area contributed by atoms with Gasteiger partial charge in [0.15, 0.2) is 0 Å². The fraction of sp³-hybridized carbons (Fsp3) is 0.300. The second-order valence-corrected chi connectivity index (χ2v) is 9.56. The smallest absolute Gasteiger partial charge is 0.261 e. The van der Waals surface area contributed by atoms with E-state index in [4.69, 9.17) is 10.7 Å². The molecular weight excluding hydrogens is 434 g/mol.